The van der Waals surface area contributed by atoms with Gasteiger partial charge in [-0.1, -0.05) is 156 Å². The van der Waals surface area contributed by atoms with Crippen LogP contribution in [0.2, 0.25) is 17.6 Å². The molecule has 1 atom stereocenters. The van der Waals surface area contributed by atoms with Gasteiger partial charge in [0.05, 0.1) is 0 Å². The van der Waals surface area contributed by atoms with E-state index in [1.807, 2.05) is 6.08 Å². The van der Waals surface area contributed by atoms with E-state index in [2.05, 4.69) is 139 Å². The average molecular weight is 621 g/mol. The summed E-state index contributed by atoms with van der Waals surface area (Å²) in [5.74, 6) is 1.14. The molecule has 0 bridgehead atoms. The highest BCUT2D eigenvalue weighted by Gasteiger charge is 2.54. The van der Waals surface area contributed by atoms with Gasteiger partial charge in [0.2, 0.25) is 0 Å². The quantitative estimate of drug-likeness (QED) is 0.221. The van der Waals surface area contributed by atoms with E-state index < -0.39 is 8.07 Å². The Balaban J connectivity index is 1.99. The standard InChI is InChI=1S/C43H60OSi/c1-15-22-44-38-34(41(8,9)10)23-28(4)24-35(38)45(16-2,17-3)39-33-27-42(11,12)21-20-31(33)37-36(39)32-25-30(40(5,6)7)19-18-29(32)26-43(37,13)14/h15,18-19,23-27,39H,1,16-17,20-22H2,2-14H3. The van der Waals surface area contributed by atoms with Gasteiger partial charge in [-0.3, -0.25) is 0 Å². The first kappa shape index (κ1) is 33.8. The summed E-state index contributed by atoms with van der Waals surface area (Å²) in [6.07, 6.45) is 9.58. The zero-order chi connectivity index (χ0) is 33.3. The summed E-state index contributed by atoms with van der Waals surface area (Å²) < 4.78 is 6.82. The fourth-order valence-electron chi connectivity index (χ4n) is 8.80. The molecule has 5 rings (SSSR count). The van der Waals surface area contributed by atoms with Gasteiger partial charge < -0.3 is 4.74 Å². The summed E-state index contributed by atoms with van der Waals surface area (Å²) >= 11 is 0. The molecular formula is C43H60OSi. The van der Waals surface area contributed by atoms with Gasteiger partial charge in [0, 0.05) is 11.0 Å². The summed E-state index contributed by atoms with van der Waals surface area (Å²) in [5.41, 5.74) is 11.3. The molecule has 0 fully saturated rings. The molecule has 2 heteroatoms. The Morgan fingerprint density at radius 2 is 1.60 bits per heavy atom. The highest BCUT2D eigenvalue weighted by molar-refractivity contribution is 6.95. The minimum absolute atomic E-state index is 0.0246. The first-order chi connectivity index (χ1) is 20.8. The highest BCUT2D eigenvalue weighted by atomic mass is 28.3. The molecule has 1 unspecified atom stereocenters. The van der Waals surface area contributed by atoms with Crippen molar-refractivity contribution in [3.05, 3.63) is 92.9 Å². The zero-order valence-corrected chi connectivity index (χ0v) is 31.8. The van der Waals surface area contributed by atoms with Gasteiger partial charge in [0.1, 0.15) is 20.4 Å². The molecule has 0 amide bonds. The Morgan fingerprint density at radius 3 is 2.18 bits per heavy atom. The lowest BCUT2D eigenvalue weighted by Gasteiger charge is -2.43. The van der Waals surface area contributed by atoms with Crippen LogP contribution in [0, 0.1) is 17.8 Å². The van der Waals surface area contributed by atoms with Gasteiger partial charge in [-0.05, 0) is 85.1 Å². The average Bonchev–Trinajstić information content (AvgIpc) is 3.27. The Labute approximate surface area is 276 Å². The smallest absolute Gasteiger partial charge is 0.122 e. The van der Waals surface area contributed by atoms with Gasteiger partial charge in [0.15, 0.2) is 0 Å². The number of allylic oxidation sites excluding steroid dienone is 4. The van der Waals surface area contributed by atoms with Gasteiger partial charge in [-0.25, -0.2) is 0 Å². The maximum atomic E-state index is 6.82. The molecular weight excluding hydrogens is 561 g/mol. The lowest BCUT2D eigenvalue weighted by atomic mass is 9.72. The van der Waals surface area contributed by atoms with Gasteiger partial charge >= 0.3 is 0 Å². The molecule has 0 radical (unpaired) electrons. The number of benzene rings is 2. The van der Waals surface area contributed by atoms with E-state index in [4.69, 9.17) is 4.74 Å². The molecule has 0 spiro atoms. The van der Waals surface area contributed by atoms with E-state index in [1.54, 1.807) is 22.3 Å². The first-order valence-corrected chi connectivity index (χ1v) is 20.0. The SMILES string of the molecule is C=CCOc1c(C(C)(C)C)cc(C)cc1[Si](CC)(CC)C1C2=CC(C)(C)CCC2=C2C1=c1cc(C(C)(C)C)ccc1=CC2(C)C. The second kappa shape index (κ2) is 11.3. The number of ether oxygens (including phenoxy) is 1. The molecule has 0 aliphatic heterocycles. The van der Waals surface area contributed by atoms with Crippen molar-refractivity contribution in [3.8, 4) is 5.75 Å². The lowest BCUT2D eigenvalue weighted by molar-refractivity contribution is 0.353. The van der Waals surface area contributed by atoms with Crippen LogP contribution >= 0.6 is 0 Å². The number of fused-ring (bicyclic) bond motifs is 3. The van der Waals surface area contributed by atoms with Crippen LogP contribution in [0.1, 0.15) is 113 Å². The largest absolute Gasteiger partial charge is 0.489 e. The molecule has 3 aliphatic carbocycles. The summed E-state index contributed by atoms with van der Waals surface area (Å²) in [4.78, 5) is 0. The summed E-state index contributed by atoms with van der Waals surface area (Å²) in [6, 6.07) is 14.6. The Bertz CT molecular complexity index is 1710. The monoisotopic (exact) mass is 620 g/mol. The van der Waals surface area contributed by atoms with Crippen molar-refractivity contribution in [1.29, 1.82) is 0 Å². The van der Waals surface area contributed by atoms with E-state index in [0.717, 1.165) is 5.75 Å². The summed E-state index contributed by atoms with van der Waals surface area (Å²) in [5, 5.41) is 4.41. The van der Waals surface area contributed by atoms with Crippen LogP contribution in [0.3, 0.4) is 0 Å². The molecule has 1 nitrogen and oxygen atoms in total. The molecule has 0 saturated heterocycles. The van der Waals surface area contributed by atoms with Crippen molar-refractivity contribution >= 4 is 24.9 Å². The van der Waals surface area contributed by atoms with Crippen molar-refractivity contribution < 1.29 is 4.74 Å². The number of hydrogen-bond acceptors (Lipinski definition) is 1. The molecule has 2 aromatic rings. The molecule has 3 aliphatic rings. The second-order valence-electron chi connectivity index (χ2n) is 17.6. The van der Waals surface area contributed by atoms with Gasteiger partial charge in [-0.15, -0.1) is 0 Å². The van der Waals surface area contributed by atoms with Gasteiger partial charge in [-0.2, -0.15) is 0 Å². The minimum atomic E-state index is -2.32. The third-order valence-corrected chi connectivity index (χ3v) is 16.9. The second-order valence-corrected chi connectivity index (χ2v) is 22.5. The number of rotatable bonds is 7. The molecule has 0 N–H and O–H groups in total. The van der Waals surface area contributed by atoms with Crippen LogP contribution in [-0.2, 0) is 10.8 Å². The molecule has 45 heavy (non-hydrogen) atoms. The summed E-state index contributed by atoms with van der Waals surface area (Å²) in [6.45, 7) is 35.8. The molecule has 2 aromatic carbocycles. The van der Waals surface area contributed by atoms with E-state index >= 15 is 0 Å². The van der Waals surface area contributed by atoms with Crippen molar-refractivity contribution in [1.82, 2.24) is 0 Å². The summed E-state index contributed by atoms with van der Waals surface area (Å²) in [7, 11) is -2.32. The van der Waals surface area contributed by atoms with E-state index in [1.165, 1.54) is 57.2 Å². The van der Waals surface area contributed by atoms with Crippen LogP contribution in [0.15, 0.2) is 65.8 Å². The van der Waals surface area contributed by atoms with Crippen LogP contribution < -0.4 is 20.4 Å². The lowest BCUT2D eigenvalue weighted by Crippen LogP contribution is -2.54. The molecule has 242 valence electrons. The fraction of sp³-hybridized carbons (Fsp3) is 0.535. The fourth-order valence-corrected chi connectivity index (χ4v) is 14.1. The minimum Gasteiger partial charge on any atom is -0.489 e. The third kappa shape index (κ3) is 5.68. The van der Waals surface area contributed by atoms with Crippen molar-refractivity contribution in [2.24, 2.45) is 10.8 Å². The maximum Gasteiger partial charge on any atom is 0.122 e. The van der Waals surface area contributed by atoms with Crippen molar-refractivity contribution in [3.63, 3.8) is 0 Å². The Hall–Kier alpha value is -2.58. The van der Waals surface area contributed by atoms with Crippen LogP contribution in [0.5, 0.6) is 5.75 Å². The first-order valence-electron chi connectivity index (χ1n) is 17.6. The normalized spacial score (nSPS) is 20.6. The number of hydrogen-bond donors (Lipinski definition) is 0. The van der Waals surface area contributed by atoms with Gasteiger partial charge in [0.25, 0.3) is 0 Å². The van der Waals surface area contributed by atoms with Crippen LogP contribution in [0.25, 0.3) is 11.6 Å². The van der Waals surface area contributed by atoms with E-state index in [9.17, 15) is 0 Å². The third-order valence-electron chi connectivity index (χ3n) is 11.2. The molecule has 0 heterocycles. The predicted octanol–water partition coefficient (Wildman–Crippen LogP) is 9.95. The Kier molecular flexibility index (Phi) is 8.47. The van der Waals surface area contributed by atoms with Crippen molar-refractivity contribution in [2.75, 3.05) is 6.61 Å². The number of aryl methyl sites for hydroxylation is 1. The van der Waals surface area contributed by atoms with Crippen LogP contribution in [-0.4, -0.2) is 14.7 Å². The van der Waals surface area contributed by atoms with E-state index in [-0.39, 0.29) is 21.7 Å². The topological polar surface area (TPSA) is 9.23 Å². The van der Waals surface area contributed by atoms with Crippen molar-refractivity contribution in [2.45, 2.75) is 131 Å². The zero-order valence-electron chi connectivity index (χ0n) is 30.8. The Morgan fingerprint density at radius 1 is 0.933 bits per heavy atom. The molecule has 0 aromatic heterocycles. The van der Waals surface area contributed by atoms with Crippen LogP contribution in [0.4, 0.5) is 0 Å². The molecule has 0 saturated carbocycles. The highest BCUT2D eigenvalue weighted by Crippen LogP contribution is 2.62. The maximum absolute atomic E-state index is 6.82. The van der Waals surface area contributed by atoms with E-state index in [0.29, 0.717) is 12.1 Å². The predicted molar refractivity (Wildman–Crippen MR) is 200 cm³/mol.